The van der Waals surface area contributed by atoms with Crippen molar-refractivity contribution in [3.63, 3.8) is 0 Å². The average molecular weight is 327 g/mol. The zero-order valence-corrected chi connectivity index (χ0v) is 12.2. The monoisotopic (exact) mass is 326 g/mol. The first kappa shape index (κ1) is 10.6. The van der Waals surface area contributed by atoms with E-state index >= 15 is 0 Å². The van der Waals surface area contributed by atoms with Gasteiger partial charge in [-0.3, -0.25) is 4.79 Å². The van der Waals surface area contributed by atoms with Gasteiger partial charge in [-0.2, -0.15) is 0 Å². The van der Waals surface area contributed by atoms with Crippen LogP contribution in [0, 0.1) is 40.9 Å². The highest BCUT2D eigenvalue weighted by atomic mass is 79.9. The summed E-state index contributed by atoms with van der Waals surface area (Å²) in [7, 11) is 0. The molecule has 19 heavy (non-hydrogen) atoms. The van der Waals surface area contributed by atoms with Gasteiger partial charge in [0.1, 0.15) is 0 Å². The van der Waals surface area contributed by atoms with Crippen LogP contribution in [0.3, 0.4) is 0 Å². The number of halogens is 1. The van der Waals surface area contributed by atoms with Gasteiger partial charge >= 0.3 is 5.97 Å². The minimum Gasteiger partial charge on any atom is -0.466 e. The molecule has 4 unspecified atom stereocenters. The summed E-state index contributed by atoms with van der Waals surface area (Å²) in [5.41, 5.74) is -0.133. The van der Waals surface area contributed by atoms with Crippen LogP contribution in [0.4, 0.5) is 0 Å². The fourth-order valence-corrected chi connectivity index (χ4v) is 8.91. The van der Waals surface area contributed by atoms with Crippen molar-refractivity contribution in [1.82, 2.24) is 0 Å². The van der Waals surface area contributed by atoms with Gasteiger partial charge in [0.05, 0.1) is 29.6 Å². The van der Waals surface area contributed by atoms with Crippen molar-refractivity contribution in [2.24, 2.45) is 40.9 Å². The first-order valence-corrected chi connectivity index (χ1v) is 8.10. The predicted octanol–water partition coefficient (Wildman–Crippen LogP) is 1.18. The summed E-state index contributed by atoms with van der Waals surface area (Å²) in [6, 6.07) is 0. The Bertz CT molecular complexity index is 520. The van der Waals surface area contributed by atoms with Crippen molar-refractivity contribution in [2.75, 3.05) is 19.8 Å². The minimum absolute atomic E-state index is 0.00934. The van der Waals surface area contributed by atoms with Crippen LogP contribution in [0.15, 0.2) is 0 Å². The lowest BCUT2D eigenvalue weighted by atomic mass is 9.13. The first-order chi connectivity index (χ1) is 9.17. The second-order valence-electron chi connectivity index (χ2n) is 6.94. The summed E-state index contributed by atoms with van der Waals surface area (Å²) in [6.07, 6.45) is 0. The van der Waals surface area contributed by atoms with E-state index in [4.69, 9.17) is 14.2 Å². The molecule has 1 saturated heterocycles. The van der Waals surface area contributed by atoms with Gasteiger partial charge in [0, 0.05) is 5.92 Å². The zero-order valence-electron chi connectivity index (χ0n) is 10.6. The number of ether oxygens (including phenoxy) is 3. The highest BCUT2D eigenvalue weighted by molar-refractivity contribution is 9.10. The number of alkyl halides is 1. The molecule has 4 nitrogen and oxygen atoms in total. The van der Waals surface area contributed by atoms with Crippen molar-refractivity contribution >= 4 is 21.9 Å². The lowest BCUT2D eigenvalue weighted by Crippen LogP contribution is -2.94. The molecule has 7 aliphatic rings. The van der Waals surface area contributed by atoms with Gasteiger partial charge in [-0.1, -0.05) is 15.9 Å². The highest BCUT2D eigenvalue weighted by Gasteiger charge is 3.10. The Balaban J connectivity index is 1.47. The van der Waals surface area contributed by atoms with Crippen LogP contribution in [0.1, 0.15) is 6.92 Å². The molecule has 0 radical (unpaired) electrons. The van der Waals surface area contributed by atoms with Crippen molar-refractivity contribution in [1.29, 1.82) is 0 Å². The smallest absolute Gasteiger partial charge is 0.312 e. The largest absolute Gasteiger partial charge is 0.466 e. The van der Waals surface area contributed by atoms with Gasteiger partial charge in [0.2, 0.25) is 0 Å². The maximum atomic E-state index is 12.4. The average Bonchev–Trinajstić information content (AvgIpc) is 2.89. The van der Waals surface area contributed by atoms with E-state index in [0.717, 1.165) is 0 Å². The second-order valence-corrected chi connectivity index (χ2v) is 8.25. The Morgan fingerprint density at radius 2 is 1.74 bits per heavy atom. The molecule has 0 aromatic carbocycles. The van der Waals surface area contributed by atoms with Crippen LogP contribution < -0.4 is 0 Å². The van der Waals surface area contributed by atoms with Gasteiger partial charge in [-0.05, 0) is 36.5 Å². The van der Waals surface area contributed by atoms with Crippen molar-refractivity contribution in [2.45, 2.75) is 17.0 Å². The van der Waals surface area contributed by atoms with Crippen molar-refractivity contribution in [3.05, 3.63) is 0 Å². The van der Waals surface area contributed by atoms with Crippen molar-refractivity contribution in [3.8, 4) is 0 Å². The maximum Gasteiger partial charge on any atom is 0.312 e. The molecular formula is C14H15BrO4. The van der Waals surface area contributed by atoms with Crippen LogP contribution >= 0.6 is 15.9 Å². The number of rotatable bonds is 2. The molecule has 6 aliphatic carbocycles. The van der Waals surface area contributed by atoms with E-state index in [1.54, 1.807) is 0 Å². The summed E-state index contributed by atoms with van der Waals surface area (Å²) < 4.78 is 17.5. The standard InChI is InChI=1S/C14H15BrO4/c1-2-17-11(16)12-5-8-6(12)10-7(12)9(5)13(8,15)14(10)18-3-4-19-14/h5-10H,2-4H2,1H3/t5?,6-,7-,8-,9+,10?,12?,13?/m0/s1. The van der Waals surface area contributed by atoms with E-state index in [1.165, 1.54) is 0 Å². The van der Waals surface area contributed by atoms with Gasteiger partial charge in [0.25, 0.3) is 0 Å². The predicted molar refractivity (Wildman–Crippen MR) is 66.3 cm³/mol. The number of carbonyl (C=O) groups is 1. The number of hydrogen-bond donors (Lipinski definition) is 0. The normalized spacial score (nSPS) is 66.8. The highest BCUT2D eigenvalue weighted by Crippen LogP contribution is 3.04. The second kappa shape index (κ2) is 2.53. The van der Waals surface area contributed by atoms with Gasteiger partial charge in [-0.25, -0.2) is 0 Å². The van der Waals surface area contributed by atoms with Crippen LogP contribution in [0.2, 0.25) is 0 Å². The minimum atomic E-state index is -0.416. The quantitative estimate of drug-likeness (QED) is 0.564. The molecule has 5 heteroatoms. The van der Waals surface area contributed by atoms with E-state index in [9.17, 15) is 4.79 Å². The number of carbonyl (C=O) groups excluding carboxylic acids is 1. The van der Waals surface area contributed by atoms with E-state index in [0.29, 0.717) is 55.3 Å². The van der Waals surface area contributed by atoms with E-state index in [2.05, 4.69) is 15.9 Å². The molecule has 1 aliphatic heterocycles. The summed E-state index contributed by atoms with van der Waals surface area (Å²) in [6.45, 7) is 3.77. The maximum absolute atomic E-state index is 12.4. The fourth-order valence-electron chi connectivity index (χ4n) is 7.28. The molecule has 7 fully saturated rings. The van der Waals surface area contributed by atoms with Gasteiger partial charge in [0.15, 0.2) is 5.79 Å². The summed E-state index contributed by atoms with van der Waals surface area (Å²) >= 11 is 3.98. The van der Waals surface area contributed by atoms with E-state index in [-0.39, 0.29) is 15.7 Å². The Labute approximate surface area is 119 Å². The number of esters is 1. The Kier molecular flexibility index (Phi) is 1.41. The lowest BCUT2D eigenvalue weighted by molar-refractivity contribution is -0.422. The van der Waals surface area contributed by atoms with E-state index < -0.39 is 5.79 Å². The Hall–Kier alpha value is -0.130. The van der Waals surface area contributed by atoms with Crippen LogP contribution in [-0.2, 0) is 19.0 Å². The van der Waals surface area contributed by atoms with Gasteiger partial charge in [-0.15, -0.1) is 0 Å². The third-order valence-electron chi connectivity index (χ3n) is 7.26. The molecule has 8 atom stereocenters. The fraction of sp³-hybridized carbons (Fsp3) is 0.929. The summed E-state index contributed by atoms with van der Waals surface area (Å²) in [4.78, 5) is 12.4. The molecule has 2 bridgehead atoms. The first-order valence-electron chi connectivity index (χ1n) is 7.31. The van der Waals surface area contributed by atoms with Crippen LogP contribution in [0.5, 0.6) is 0 Å². The molecule has 1 heterocycles. The molecule has 0 amide bonds. The third kappa shape index (κ3) is 0.596. The van der Waals surface area contributed by atoms with Crippen molar-refractivity contribution < 1.29 is 19.0 Å². The van der Waals surface area contributed by atoms with Gasteiger partial charge < -0.3 is 14.2 Å². The Morgan fingerprint density at radius 1 is 1.16 bits per heavy atom. The molecule has 102 valence electrons. The molecule has 7 rings (SSSR count). The molecule has 0 N–H and O–H groups in total. The van der Waals surface area contributed by atoms with E-state index in [1.807, 2.05) is 6.92 Å². The molecule has 6 saturated carbocycles. The third-order valence-corrected chi connectivity index (χ3v) is 8.87. The van der Waals surface area contributed by atoms with Crippen LogP contribution in [-0.4, -0.2) is 35.9 Å². The molecular weight excluding hydrogens is 312 g/mol. The SMILES string of the molecule is CCOC(=O)C12C3[C@@H]4[C@H]1C1[C@@H]2[C@H]3C4(Br)C12OCCO2. The zero-order chi connectivity index (χ0) is 12.8. The van der Waals surface area contributed by atoms with Crippen LogP contribution in [0.25, 0.3) is 0 Å². The topological polar surface area (TPSA) is 44.8 Å². The number of hydrogen-bond acceptors (Lipinski definition) is 4. The Morgan fingerprint density at radius 3 is 2.32 bits per heavy atom. The summed E-state index contributed by atoms with van der Waals surface area (Å²) in [5.74, 6) is 2.67. The summed E-state index contributed by atoms with van der Waals surface area (Å²) in [5, 5.41) is 0. The molecule has 0 aromatic heterocycles. The molecule has 0 aromatic rings. The lowest BCUT2D eigenvalue weighted by Gasteiger charge is -2.89. The molecule has 1 spiro atoms.